The molecule has 0 amide bonds. The van der Waals surface area contributed by atoms with Crippen molar-refractivity contribution in [3.63, 3.8) is 0 Å². The summed E-state index contributed by atoms with van der Waals surface area (Å²) in [5, 5.41) is 28.2. The number of allylic oxidation sites excluding steroid dienone is 13. The van der Waals surface area contributed by atoms with Gasteiger partial charge in [-0.25, -0.2) is 4.57 Å². The van der Waals surface area contributed by atoms with E-state index in [0.717, 1.165) is 89.9 Å². The fourth-order valence-electron chi connectivity index (χ4n) is 4.93. The third-order valence-electron chi connectivity index (χ3n) is 8.14. The third kappa shape index (κ3) is 38.0. The molecule has 4 atom stereocenters. The Morgan fingerprint density at radius 2 is 1.20 bits per heavy atom. The molecule has 0 saturated carbocycles. The highest BCUT2D eigenvalue weighted by molar-refractivity contribution is 7.47. The molecule has 4 N–H and O–H groups in total. The number of ether oxygens (including phenoxy) is 2. The van der Waals surface area contributed by atoms with Gasteiger partial charge in [-0.15, -0.1) is 0 Å². The summed E-state index contributed by atoms with van der Waals surface area (Å²) in [6, 6.07) is 0. The van der Waals surface area contributed by atoms with Crippen LogP contribution in [0.4, 0.5) is 0 Å². The highest BCUT2D eigenvalue weighted by Gasteiger charge is 2.27. The average molecular weight is 809 g/mol. The lowest BCUT2D eigenvalue weighted by Gasteiger charge is -2.20. The third-order valence-corrected chi connectivity index (χ3v) is 9.09. The van der Waals surface area contributed by atoms with Crippen LogP contribution in [-0.2, 0) is 32.7 Å². The zero-order valence-electron chi connectivity index (χ0n) is 34.2. The molecular weight excluding hydrogens is 735 g/mol. The summed E-state index contributed by atoms with van der Waals surface area (Å²) in [5.74, 6) is -1.05. The molecule has 0 heterocycles. The van der Waals surface area contributed by atoms with E-state index in [9.17, 15) is 29.3 Å². The van der Waals surface area contributed by atoms with Gasteiger partial charge in [0.05, 0.1) is 25.9 Å². The van der Waals surface area contributed by atoms with Crippen LogP contribution in [0.3, 0.4) is 0 Å². The van der Waals surface area contributed by atoms with E-state index in [0.29, 0.717) is 19.3 Å². The molecule has 12 heteroatoms. The van der Waals surface area contributed by atoms with Crippen LogP contribution in [0.25, 0.3) is 0 Å². The van der Waals surface area contributed by atoms with E-state index in [4.69, 9.17) is 19.1 Å². The number of phosphoric ester groups is 1. The Morgan fingerprint density at radius 1 is 0.625 bits per heavy atom. The zero-order chi connectivity index (χ0) is 41.4. The van der Waals surface area contributed by atoms with Gasteiger partial charge in [0.15, 0.2) is 6.10 Å². The van der Waals surface area contributed by atoms with Crippen LogP contribution in [0, 0.1) is 0 Å². The number of aliphatic hydroxyl groups excluding tert-OH is 3. The summed E-state index contributed by atoms with van der Waals surface area (Å²) < 4.78 is 32.6. The fourth-order valence-corrected chi connectivity index (χ4v) is 5.72. The standard InChI is InChI=1S/C44H73O11P/c1-3-5-7-8-9-10-11-12-13-14-17-21-24-27-31-35-44(49)55-42(39-54-56(50,51)53-37-41(47)36-45)38-52-43(48)34-30-26-23-20-18-15-16-19-22-25-29-33-40(46)32-28-6-4-2/h5,7,9-10,12-13,15-16,20,22-23,25,29,33,40-42,45-47H,3-4,6,8,11,14,17-19,21,24,26-28,30-32,34-39H2,1-2H3,(H,50,51)/b7-5-,10-9-,13-12-,16-15-,23-20-,25-22-,33-29+/t40-,41+,42-/m1/s1. The summed E-state index contributed by atoms with van der Waals surface area (Å²) in [7, 11) is -4.65. The number of hydrogen-bond donors (Lipinski definition) is 4. The highest BCUT2D eigenvalue weighted by atomic mass is 31.2. The van der Waals surface area contributed by atoms with Crippen LogP contribution in [-0.4, -0.2) is 76.9 Å². The van der Waals surface area contributed by atoms with Crippen molar-refractivity contribution < 1.29 is 52.9 Å². The topological polar surface area (TPSA) is 169 Å². The minimum absolute atomic E-state index is 0.137. The smallest absolute Gasteiger partial charge is 0.462 e. The van der Waals surface area contributed by atoms with E-state index in [1.165, 1.54) is 0 Å². The molecule has 0 radical (unpaired) electrons. The number of phosphoric acid groups is 1. The lowest BCUT2D eigenvalue weighted by Crippen LogP contribution is -2.29. The molecular formula is C44H73O11P. The number of hydrogen-bond acceptors (Lipinski definition) is 10. The Morgan fingerprint density at radius 3 is 1.86 bits per heavy atom. The Balaban J connectivity index is 4.51. The molecule has 0 bridgehead atoms. The van der Waals surface area contributed by atoms with Gasteiger partial charge in [0, 0.05) is 12.8 Å². The van der Waals surface area contributed by atoms with Crippen molar-refractivity contribution in [2.24, 2.45) is 0 Å². The molecule has 0 rings (SSSR count). The molecule has 0 aromatic rings. The molecule has 11 nitrogen and oxygen atoms in total. The number of rotatable bonds is 37. The molecule has 1 unspecified atom stereocenters. The maximum absolute atomic E-state index is 12.6. The monoisotopic (exact) mass is 808 g/mol. The predicted molar refractivity (Wildman–Crippen MR) is 225 cm³/mol. The molecule has 0 aliphatic carbocycles. The normalized spacial score (nSPS) is 15.3. The summed E-state index contributed by atoms with van der Waals surface area (Å²) >= 11 is 0. The van der Waals surface area contributed by atoms with E-state index in [-0.39, 0.29) is 25.6 Å². The van der Waals surface area contributed by atoms with Crippen molar-refractivity contribution in [3.05, 3.63) is 85.1 Å². The van der Waals surface area contributed by atoms with Gasteiger partial charge in [-0.05, 0) is 70.6 Å². The molecule has 0 spiro atoms. The first-order chi connectivity index (χ1) is 27.1. The lowest BCUT2D eigenvalue weighted by molar-refractivity contribution is -0.161. The second-order valence-electron chi connectivity index (χ2n) is 13.5. The molecule has 0 saturated heterocycles. The van der Waals surface area contributed by atoms with E-state index in [2.05, 4.69) is 67.0 Å². The first-order valence-corrected chi connectivity index (χ1v) is 22.1. The number of esters is 2. The van der Waals surface area contributed by atoms with Crippen LogP contribution in [0.5, 0.6) is 0 Å². The van der Waals surface area contributed by atoms with Crippen LogP contribution in [0.15, 0.2) is 85.1 Å². The summed E-state index contributed by atoms with van der Waals surface area (Å²) in [6.07, 6.45) is 41.7. The first-order valence-electron chi connectivity index (χ1n) is 20.7. The molecule has 0 aliphatic rings. The molecule has 0 fully saturated rings. The van der Waals surface area contributed by atoms with Crippen molar-refractivity contribution in [1.82, 2.24) is 0 Å². The molecule has 320 valence electrons. The van der Waals surface area contributed by atoms with Gasteiger partial charge in [0.2, 0.25) is 0 Å². The Kier molecular flexibility index (Phi) is 36.9. The minimum Gasteiger partial charge on any atom is -0.462 e. The first kappa shape index (κ1) is 53.1. The average Bonchev–Trinajstić information content (AvgIpc) is 3.18. The van der Waals surface area contributed by atoms with Crippen molar-refractivity contribution in [1.29, 1.82) is 0 Å². The van der Waals surface area contributed by atoms with Crippen LogP contribution in [0.2, 0.25) is 0 Å². The summed E-state index contributed by atoms with van der Waals surface area (Å²) in [5.41, 5.74) is 0. The van der Waals surface area contributed by atoms with Gasteiger partial charge in [0.25, 0.3) is 0 Å². The number of carbonyl (C=O) groups excluding carboxylic acids is 2. The molecule has 0 aromatic carbocycles. The lowest BCUT2D eigenvalue weighted by atomic mass is 10.1. The summed E-state index contributed by atoms with van der Waals surface area (Å²) in [4.78, 5) is 34.9. The van der Waals surface area contributed by atoms with Gasteiger partial charge >= 0.3 is 19.8 Å². The van der Waals surface area contributed by atoms with Gasteiger partial charge in [-0.2, -0.15) is 0 Å². The van der Waals surface area contributed by atoms with E-state index in [1.54, 1.807) is 0 Å². The quantitative estimate of drug-likeness (QED) is 0.0155. The fraction of sp³-hybridized carbons (Fsp3) is 0.636. The van der Waals surface area contributed by atoms with E-state index >= 15 is 0 Å². The second-order valence-corrected chi connectivity index (χ2v) is 14.9. The number of unbranched alkanes of at least 4 members (excludes halogenated alkanes) is 8. The molecule has 0 aliphatic heterocycles. The van der Waals surface area contributed by atoms with Gasteiger partial charge in [-0.3, -0.25) is 18.6 Å². The van der Waals surface area contributed by atoms with Gasteiger partial charge in [0.1, 0.15) is 12.7 Å². The van der Waals surface area contributed by atoms with Crippen molar-refractivity contribution in [3.8, 4) is 0 Å². The van der Waals surface area contributed by atoms with Gasteiger partial charge in [-0.1, -0.05) is 137 Å². The molecule has 0 aromatic heterocycles. The van der Waals surface area contributed by atoms with Crippen molar-refractivity contribution in [2.75, 3.05) is 26.4 Å². The summed E-state index contributed by atoms with van der Waals surface area (Å²) in [6.45, 7) is 2.01. The second kappa shape index (κ2) is 39.0. The van der Waals surface area contributed by atoms with E-state index < -0.39 is 51.8 Å². The zero-order valence-corrected chi connectivity index (χ0v) is 35.1. The van der Waals surface area contributed by atoms with Crippen LogP contribution >= 0.6 is 7.82 Å². The number of carbonyl (C=O) groups is 2. The highest BCUT2D eigenvalue weighted by Crippen LogP contribution is 2.43. The number of aliphatic hydroxyl groups is 3. The van der Waals surface area contributed by atoms with E-state index in [1.807, 2.05) is 36.5 Å². The minimum atomic E-state index is -4.65. The maximum atomic E-state index is 12.6. The van der Waals surface area contributed by atoms with Crippen LogP contribution in [0.1, 0.15) is 136 Å². The van der Waals surface area contributed by atoms with Crippen LogP contribution < -0.4 is 0 Å². The predicted octanol–water partition coefficient (Wildman–Crippen LogP) is 9.63. The Hall–Kier alpha value is -2.89. The molecule has 56 heavy (non-hydrogen) atoms. The van der Waals surface area contributed by atoms with Crippen molar-refractivity contribution in [2.45, 2.75) is 154 Å². The maximum Gasteiger partial charge on any atom is 0.472 e. The Bertz CT molecular complexity index is 1220. The van der Waals surface area contributed by atoms with Gasteiger partial charge < -0.3 is 29.7 Å². The Labute approximate surface area is 337 Å². The SMILES string of the molecule is CC/C=C\C/C=C\C/C=C\CCCCCCCC(=O)O[C@H](COC(=O)CCC/C=C\C/C=C\C/C=C\C=C\[C@H](O)CCCCC)COP(=O)(O)OC[C@@H](O)CO. The van der Waals surface area contributed by atoms with Crippen molar-refractivity contribution >= 4 is 19.8 Å². The largest absolute Gasteiger partial charge is 0.472 e.